The fraction of sp³-hybridized carbons (Fsp3) is 0.500. The van der Waals surface area contributed by atoms with Gasteiger partial charge >= 0.3 is 0 Å². The number of sulfone groups is 1. The highest BCUT2D eigenvalue weighted by Crippen LogP contribution is 2.27. The van der Waals surface area contributed by atoms with Gasteiger partial charge in [0.1, 0.15) is 0 Å². The molecule has 0 aliphatic carbocycles. The summed E-state index contributed by atoms with van der Waals surface area (Å²) in [5.41, 5.74) is 1.74. The lowest BCUT2D eigenvalue weighted by atomic mass is 10.0. The van der Waals surface area contributed by atoms with Crippen LogP contribution in [0.5, 0.6) is 0 Å². The average molecular weight is 480 g/mol. The number of hydrogen-bond donors (Lipinski definition) is 0. The molecule has 6 nitrogen and oxygen atoms in total. The summed E-state index contributed by atoms with van der Waals surface area (Å²) in [6, 6.07) is 13.1. The third-order valence-corrected chi connectivity index (χ3v) is 9.44. The second kappa shape index (κ2) is 10.4. The summed E-state index contributed by atoms with van der Waals surface area (Å²) in [6.45, 7) is 7.49. The summed E-state index contributed by atoms with van der Waals surface area (Å²) >= 11 is 0. The predicted molar refractivity (Wildman–Crippen MR) is 127 cm³/mol. The van der Waals surface area contributed by atoms with Crippen molar-refractivity contribution in [3.8, 4) is 0 Å². The Balaban J connectivity index is 1.86. The maximum absolute atomic E-state index is 13.5. The van der Waals surface area contributed by atoms with Crippen LogP contribution in [0.3, 0.4) is 0 Å². The van der Waals surface area contributed by atoms with Gasteiger partial charge in [0.05, 0.1) is 21.2 Å². The summed E-state index contributed by atoms with van der Waals surface area (Å²) in [4.78, 5) is 0.244. The number of rotatable bonds is 9. The van der Waals surface area contributed by atoms with Gasteiger partial charge in [0, 0.05) is 19.8 Å². The molecule has 3 rings (SSSR count). The van der Waals surface area contributed by atoms with Gasteiger partial charge in [-0.2, -0.15) is 0 Å². The Bertz CT molecular complexity index is 1090. The molecule has 0 unspecified atom stereocenters. The van der Waals surface area contributed by atoms with Crippen molar-refractivity contribution in [1.82, 2.24) is 0 Å². The van der Waals surface area contributed by atoms with Gasteiger partial charge < -0.3 is 4.74 Å². The zero-order valence-corrected chi connectivity index (χ0v) is 20.7. The minimum Gasteiger partial charge on any atom is -0.381 e. The number of hydrogen-bond acceptors (Lipinski definition) is 5. The molecule has 0 radical (unpaired) electrons. The molecule has 1 fully saturated rings. The summed E-state index contributed by atoms with van der Waals surface area (Å²) in [5, 5.41) is 0. The number of anilines is 1. The van der Waals surface area contributed by atoms with E-state index in [4.69, 9.17) is 4.74 Å². The molecule has 0 aromatic heterocycles. The molecule has 8 heteroatoms. The third-order valence-electron chi connectivity index (χ3n) is 5.73. The van der Waals surface area contributed by atoms with Crippen LogP contribution in [0.2, 0.25) is 0 Å². The van der Waals surface area contributed by atoms with Crippen LogP contribution in [0.25, 0.3) is 0 Å². The molecular weight excluding hydrogens is 446 g/mol. The molecule has 0 bridgehead atoms. The first kappa shape index (κ1) is 24.7. The average Bonchev–Trinajstić information content (AvgIpc) is 2.78. The van der Waals surface area contributed by atoms with E-state index in [1.54, 1.807) is 0 Å². The number of nitrogens with zero attached hydrogens (tertiary/aromatic N) is 1. The summed E-state index contributed by atoms with van der Waals surface area (Å²) in [7, 11) is -7.32. The molecule has 2 aromatic carbocycles. The fourth-order valence-corrected chi connectivity index (χ4v) is 7.16. The number of sulfonamides is 1. The Morgan fingerprint density at radius 1 is 0.906 bits per heavy atom. The van der Waals surface area contributed by atoms with Crippen LogP contribution in [0.15, 0.2) is 58.3 Å². The molecule has 0 N–H and O–H groups in total. The predicted octanol–water partition coefficient (Wildman–Crippen LogP) is 4.30. The van der Waals surface area contributed by atoms with E-state index >= 15 is 0 Å². The highest BCUT2D eigenvalue weighted by atomic mass is 32.2. The topological polar surface area (TPSA) is 80.8 Å². The van der Waals surface area contributed by atoms with Crippen molar-refractivity contribution in [1.29, 1.82) is 0 Å². The molecule has 1 aliphatic rings. The lowest BCUT2D eigenvalue weighted by Crippen LogP contribution is -2.34. The summed E-state index contributed by atoms with van der Waals surface area (Å²) in [6.07, 6.45) is 2.33. The van der Waals surface area contributed by atoms with Crippen molar-refractivity contribution in [2.45, 2.75) is 49.8 Å². The maximum atomic E-state index is 13.5. The van der Waals surface area contributed by atoms with Crippen molar-refractivity contribution in [2.75, 3.05) is 29.8 Å². The molecular formula is C24H33NO5S2. The number of benzene rings is 2. The van der Waals surface area contributed by atoms with E-state index in [0.717, 1.165) is 24.8 Å². The van der Waals surface area contributed by atoms with E-state index in [2.05, 4.69) is 6.92 Å². The molecule has 1 aliphatic heterocycles. The van der Waals surface area contributed by atoms with Crippen LogP contribution >= 0.6 is 0 Å². The first-order valence-corrected chi connectivity index (χ1v) is 14.2. The van der Waals surface area contributed by atoms with E-state index in [1.807, 2.05) is 38.1 Å². The van der Waals surface area contributed by atoms with Crippen molar-refractivity contribution >= 4 is 25.5 Å². The molecule has 0 atom stereocenters. The number of aryl methyl sites for hydroxylation is 1. The molecule has 0 amide bonds. The standard InChI is InChI=1S/C24H33NO5S2/c1-4-20-5-7-22(8-6-20)25(17-19(2)3)32(28,29)24-11-9-23(10-12-24)31(26,27)18-21-13-15-30-16-14-21/h5-12,19,21H,4,13-18H2,1-3H3. The van der Waals surface area contributed by atoms with Crippen LogP contribution < -0.4 is 4.31 Å². The van der Waals surface area contributed by atoms with Gasteiger partial charge in [0.15, 0.2) is 9.84 Å². The molecule has 1 saturated heterocycles. The highest BCUT2D eigenvalue weighted by molar-refractivity contribution is 7.93. The van der Waals surface area contributed by atoms with E-state index in [0.29, 0.717) is 25.4 Å². The van der Waals surface area contributed by atoms with Gasteiger partial charge in [-0.1, -0.05) is 32.9 Å². The normalized spacial score (nSPS) is 15.8. The third kappa shape index (κ3) is 5.91. The quantitative estimate of drug-likeness (QED) is 0.536. The Kier molecular flexibility index (Phi) is 8.01. The van der Waals surface area contributed by atoms with Gasteiger partial charge in [-0.25, -0.2) is 16.8 Å². The van der Waals surface area contributed by atoms with Gasteiger partial charge in [-0.3, -0.25) is 4.31 Å². The van der Waals surface area contributed by atoms with E-state index in [-0.39, 0.29) is 27.4 Å². The molecule has 0 saturated carbocycles. The second-order valence-electron chi connectivity index (χ2n) is 8.76. The van der Waals surface area contributed by atoms with Crippen LogP contribution in [0.1, 0.15) is 39.2 Å². The fourth-order valence-electron chi connectivity index (χ4n) is 3.84. The monoisotopic (exact) mass is 479 g/mol. The van der Waals surface area contributed by atoms with Crippen LogP contribution in [-0.4, -0.2) is 42.3 Å². The van der Waals surface area contributed by atoms with Crippen LogP contribution in [0, 0.1) is 11.8 Å². The number of ether oxygens (including phenoxy) is 1. The Labute approximate surface area is 192 Å². The molecule has 32 heavy (non-hydrogen) atoms. The molecule has 1 heterocycles. The Morgan fingerprint density at radius 3 is 2.00 bits per heavy atom. The lowest BCUT2D eigenvalue weighted by Gasteiger charge is -2.26. The zero-order valence-electron chi connectivity index (χ0n) is 19.0. The van der Waals surface area contributed by atoms with Gasteiger partial charge in [0.25, 0.3) is 10.0 Å². The SMILES string of the molecule is CCc1ccc(N(CC(C)C)S(=O)(=O)c2ccc(S(=O)(=O)CC3CCOCC3)cc2)cc1. The van der Waals surface area contributed by atoms with Gasteiger partial charge in [-0.15, -0.1) is 0 Å². The maximum Gasteiger partial charge on any atom is 0.264 e. The van der Waals surface area contributed by atoms with Crippen molar-refractivity contribution in [3.05, 3.63) is 54.1 Å². The van der Waals surface area contributed by atoms with Gasteiger partial charge in [-0.05, 0) is 73.1 Å². The zero-order chi connectivity index (χ0) is 23.4. The van der Waals surface area contributed by atoms with Crippen molar-refractivity contribution in [3.63, 3.8) is 0 Å². The first-order valence-electron chi connectivity index (χ1n) is 11.2. The molecule has 0 spiro atoms. The summed E-state index contributed by atoms with van der Waals surface area (Å²) in [5.74, 6) is 0.255. The minimum absolute atomic E-state index is 0.0612. The van der Waals surface area contributed by atoms with Crippen LogP contribution in [-0.2, 0) is 31.0 Å². The molecule has 176 valence electrons. The van der Waals surface area contributed by atoms with E-state index in [9.17, 15) is 16.8 Å². The Hall–Kier alpha value is -1.90. The van der Waals surface area contributed by atoms with E-state index in [1.165, 1.54) is 28.6 Å². The Morgan fingerprint density at radius 2 is 1.47 bits per heavy atom. The lowest BCUT2D eigenvalue weighted by molar-refractivity contribution is 0.0723. The van der Waals surface area contributed by atoms with Crippen molar-refractivity contribution < 1.29 is 21.6 Å². The second-order valence-corrected chi connectivity index (χ2v) is 12.7. The van der Waals surface area contributed by atoms with Gasteiger partial charge in [0.2, 0.25) is 0 Å². The minimum atomic E-state index is -3.84. The highest BCUT2D eigenvalue weighted by Gasteiger charge is 2.27. The summed E-state index contributed by atoms with van der Waals surface area (Å²) < 4.78 is 59.3. The van der Waals surface area contributed by atoms with E-state index < -0.39 is 19.9 Å². The molecule has 2 aromatic rings. The van der Waals surface area contributed by atoms with Crippen molar-refractivity contribution in [2.24, 2.45) is 11.8 Å². The largest absolute Gasteiger partial charge is 0.381 e. The van der Waals surface area contributed by atoms with Crippen LogP contribution in [0.4, 0.5) is 5.69 Å². The smallest absolute Gasteiger partial charge is 0.264 e. The first-order chi connectivity index (χ1) is 15.1.